The van der Waals surface area contributed by atoms with E-state index < -0.39 is 11.0 Å². The fraction of sp³-hybridized carbons (Fsp3) is 0.346. The lowest BCUT2D eigenvalue weighted by Gasteiger charge is -2.28. The molecule has 0 aliphatic heterocycles. The molecule has 1 amide bonds. The Morgan fingerprint density at radius 2 is 1.97 bits per heavy atom. The molecule has 1 atom stereocenters. The number of nitrogens with zero attached hydrogens (tertiary/aromatic N) is 3. The number of carbonyl (C=O) groups excluding carboxylic acids is 1. The molecule has 1 fully saturated rings. The van der Waals surface area contributed by atoms with E-state index in [2.05, 4.69) is 20.5 Å². The van der Waals surface area contributed by atoms with Gasteiger partial charge in [-0.1, -0.05) is 24.3 Å². The van der Waals surface area contributed by atoms with E-state index in [4.69, 9.17) is 16.5 Å². The molecule has 0 spiro atoms. The number of para-hydroxylation sites is 1. The van der Waals surface area contributed by atoms with E-state index in [-0.39, 0.29) is 23.9 Å². The number of hydrogen-bond acceptors (Lipinski definition) is 7. The molecule has 2 heterocycles. The number of amides is 1. The van der Waals surface area contributed by atoms with E-state index in [0.717, 1.165) is 42.1 Å². The van der Waals surface area contributed by atoms with Crippen molar-refractivity contribution < 1.29 is 9.72 Å². The number of fused-ring (bicyclic) bond motifs is 1. The minimum Gasteiger partial charge on any atom is -0.382 e. The first-order valence-electron chi connectivity index (χ1n) is 12.4. The van der Waals surface area contributed by atoms with Gasteiger partial charge in [0.15, 0.2) is 5.82 Å². The maximum absolute atomic E-state index is 13.3. The summed E-state index contributed by atoms with van der Waals surface area (Å²) in [6, 6.07) is 11.7. The summed E-state index contributed by atoms with van der Waals surface area (Å²) in [5.41, 5.74) is 14.5. The van der Waals surface area contributed by atoms with Crippen molar-refractivity contribution in [1.29, 1.82) is 0 Å². The molecule has 37 heavy (non-hydrogen) atoms. The molecule has 0 saturated heterocycles. The predicted octanol–water partition coefficient (Wildman–Crippen LogP) is 3.61. The van der Waals surface area contributed by atoms with Crippen molar-refractivity contribution in [3.63, 3.8) is 0 Å². The first kappa shape index (κ1) is 24.4. The number of aromatic amines is 2. The number of rotatable bonds is 8. The van der Waals surface area contributed by atoms with Crippen molar-refractivity contribution in [3.8, 4) is 11.3 Å². The van der Waals surface area contributed by atoms with Crippen LogP contribution in [0.2, 0.25) is 0 Å². The van der Waals surface area contributed by atoms with Crippen molar-refractivity contribution in [2.75, 3.05) is 12.3 Å². The van der Waals surface area contributed by atoms with Crippen LogP contribution in [0.5, 0.6) is 0 Å². The third kappa shape index (κ3) is 5.17. The number of nitro groups is 1. The van der Waals surface area contributed by atoms with E-state index >= 15 is 0 Å². The zero-order valence-electron chi connectivity index (χ0n) is 20.3. The molecule has 2 aromatic heterocycles. The molecule has 11 nitrogen and oxygen atoms in total. The topological polar surface area (TPSA) is 182 Å². The van der Waals surface area contributed by atoms with Gasteiger partial charge in [0.2, 0.25) is 5.91 Å². The minimum absolute atomic E-state index is 0.0132. The van der Waals surface area contributed by atoms with Crippen LogP contribution in [0.3, 0.4) is 0 Å². The van der Waals surface area contributed by atoms with Crippen LogP contribution < -0.4 is 16.8 Å². The van der Waals surface area contributed by atoms with Gasteiger partial charge in [-0.05, 0) is 50.3 Å². The summed E-state index contributed by atoms with van der Waals surface area (Å²) in [6.45, 7) is 0.640. The molecular formula is C26H30N8O3. The standard InChI is InChI=1S/C26H30N8O3/c27-13-15-5-7-16(8-6-15)26(35)31-21(12-18-3-1-2-4-23(18)34(36)37)25-29-14-22(30-25)17-9-10-19-20(11-17)32-33-24(19)28/h1-4,9-11,14-16,21H,5-8,12-13,27H2,(H,29,30)(H,31,35)(H3,28,32,33)/t15-,16-,21?. The molecule has 1 aliphatic rings. The largest absolute Gasteiger partial charge is 0.382 e. The van der Waals surface area contributed by atoms with Crippen LogP contribution in [0.1, 0.15) is 43.1 Å². The van der Waals surface area contributed by atoms with Crippen molar-refractivity contribution in [3.05, 3.63) is 70.2 Å². The van der Waals surface area contributed by atoms with Crippen LogP contribution in [0, 0.1) is 22.0 Å². The zero-order valence-corrected chi connectivity index (χ0v) is 20.3. The second-order valence-corrected chi connectivity index (χ2v) is 9.64. The Morgan fingerprint density at radius 1 is 1.19 bits per heavy atom. The van der Waals surface area contributed by atoms with Gasteiger partial charge in [0.1, 0.15) is 5.82 Å². The number of nitro benzene ring substituents is 1. The molecule has 192 valence electrons. The maximum Gasteiger partial charge on any atom is 0.272 e. The molecule has 0 bridgehead atoms. The summed E-state index contributed by atoms with van der Waals surface area (Å²) >= 11 is 0. The van der Waals surface area contributed by atoms with E-state index in [1.165, 1.54) is 6.07 Å². The van der Waals surface area contributed by atoms with Crippen molar-refractivity contribution in [1.82, 2.24) is 25.5 Å². The number of H-pyrrole nitrogens is 2. The van der Waals surface area contributed by atoms with E-state index in [9.17, 15) is 14.9 Å². The molecule has 11 heteroatoms. The Labute approximate surface area is 213 Å². The molecule has 0 radical (unpaired) electrons. The number of hydrogen-bond donors (Lipinski definition) is 5. The molecule has 5 rings (SSSR count). The average Bonchev–Trinajstić information content (AvgIpc) is 3.55. The van der Waals surface area contributed by atoms with Crippen molar-refractivity contribution >= 4 is 28.3 Å². The quantitative estimate of drug-likeness (QED) is 0.180. The SMILES string of the molecule is NC[C@H]1CC[C@H](C(=O)NC(Cc2ccccc2[N+](=O)[O-])c2nc(-c3ccc4c(N)n[nH]c4c3)c[nH]2)CC1. The van der Waals surface area contributed by atoms with E-state index in [1.54, 1.807) is 24.4 Å². The Bertz CT molecular complexity index is 1420. The number of imidazole rings is 1. The van der Waals surface area contributed by atoms with Crippen LogP contribution in [0.15, 0.2) is 48.7 Å². The summed E-state index contributed by atoms with van der Waals surface area (Å²) in [4.78, 5) is 32.5. The Balaban J connectivity index is 1.42. The Morgan fingerprint density at radius 3 is 2.73 bits per heavy atom. The summed E-state index contributed by atoms with van der Waals surface area (Å²) in [6.07, 6.45) is 5.40. The summed E-state index contributed by atoms with van der Waals surface area (Å²) in [5, 5.41) is 22.5. The smallest absolute Gasteiger partial charge is 0.272 e. The molecular weight excluding hydrogens is 472 g/mol. The normalized spacial score (nSPS) is 18.5. The lowest BCUT2D eigenvalue weighted by molar-refractivity contribution is -0.385. The first-order chi connectivity index (χ1) is 17.9. The molecule has 4 aromatic rings. The number of aromatic nitrogens is 4. The summed E-state index contributed by atoms with van der Waals surface area (Å²) in [5.74, 6) is 1.24. The van der Waals surface area contributed by atoms with Crippen LogP contribution >= 0.6 is 0 Å². The van der Waals surface area contributed by atoms with Crippen LogP contribution in [0.25, 0.3) is 22.2 Å². The summed E-state index contributed by atoms with van der Waals surface area (Å²) < 4.78 is 0. The highest BCUT2D eigenvalue weighted by atomic mass is 16.6. The number of nitrogens with one attached hydrogen (secondary N) is 3. The second kappa shape index (κ2) is 10.4. The number of nitrogen functional groups attached to an aromatic ring is 1. The number of benzene rings is 2. The van der Waals surface area contributed by atoms with Gasteiger partial charge in [-0.2, -0.15) is 5.10 Å². The molecule has 1 aliphatic carbocycles. The second-order valence-electron chi connectivity index (χ2n) is 9.64. The molecule has 2 aromatic carbocycles. The van der Waals surface area contributed by atoms with Crippen molar-refractivity contribution in [2.45, 2.75) is 38.1 Å². The third-order valence-corrected chi connectivity index (χ3v) is 7.30. The third-order valence-electron chi connectivity index (χ3n) is 7.30. The Kier molecular flexibility index (Phi) is 6.87. The lowest BCUT2D eigenvalue weighted by atomic mass is 9.81. The van der Waals surface area contributed by atoms with Crippen LogP contribution in [-0.2, 0) is 11.2 Å². The van der Waals surface area contributed by atoms with Gasteiger partial charge in [0.05, 0.1) is 22.2 Å². The summed E-state index contributed by atoms with van der Waals surface area (Å²) in [7, 11) is 0. The van der Waals surface area contributed by atoms with Gasteiger partial charge in [-0.25, -0.2) is 4.98 Å². The highest BCUT2D eigenvalue weighted by Crippen LogP contribution is 2.31. The number of carbonyl (C=O) groups is 1. The number of nitrogens with two attached hydrogens (primary N) is 2. The zero-order chi connectivity index (χ0) is 25.9. The average molecular weight is 503 g/mol. The van der Waals surface area contributed by atoms with Gasteiger partial charge in [0.25, 0.3) is 5.69 Å². The number of anilines is 1. The lowest BCUT2D eigenvalue weighted by Crippen LogP contribution is -2.37. The van der Waals surface area contributed by atoms with Crippen LogP contribution in [0.4, 0.5) is 11.5 Å². The predicted molar refractivity (Wildman–Crippen MR) is 140 cm³/mol. The monoisotopic (exact) mass is 502 g/mol. The molecule has 1 saturated carbocycles. The minimum atomic E-state index is -0.568. The first-order valence-corrected chi connectivity index (χ1v) is 12.4. The highest BCUT2D eigenvalue weighted by molar-refractivity contribution is 5.91. The van der Waals surface area contributed by atoms with Gasteiger partial charge in [0, 0.05) is 41.1 Å². The van der Waals surface area contributed by atoms with Gasteiger partial charge < -0.3 is 21.8 Å². The fourth-order valence-electron chi connectivity index (χ4n) is 5.11. The van der Waals surface area contributed by atoms with Crippen LogP contribution in [-0.4, -0.2) is 37.5 Å². The van der Waals surface area contributed by atoms with Gasteiger partial charge in [-0.15, -0.1) is 0 Å². The fourth-order valence-corrected chi connectivity index (χ4v) is 5.11. The maximum atomic E-state index is 13.3. The van der Waals surface area contributed by atoms with Crippen molar-refractivity contribution in [2.24, 2.45) is 17.6 Å². The van der Waals surface area contributed by atoms with E-state index in [1.807, 2.05) is 18.2 Å². The van der Waals surface area contributed by atoms with Gasteiger partial charge in [-0.3, -0.25) is 20.0 Å². The van der Waals surface area contributed by atoms with Gasteiger partial charge >= 0.3 is 0 Å². The Hall–Kier alpha value is -4.25. The molecule has 1 unspecified atom stereocenters. The highest BCUT2D eigenvalue weighted by Gasteiger charge is 2.29. The molecule has 7 N–H and O–H groups in total. The van der Waals surface area contributed by atoms with E-state index in [0.29, 0.717) is 35.4 Å².